The molecule has 0 spiro atoms. The standard InChI is InChI=1S/C25H38F2N4/c1-8-19-15-20-11-10-16(3)14-21(20)30-17(4)22(19)31-18(5)24(6,9-2)23(28)29-13-12-25(7,26)27/h10-11,14,19,22,30-31H,4-5,8-9,12-13,15H2,1-3,6-7H3,(H2,28,29)/t19-,22?,24?/m0/s1. The van der Waals surface area contributed by atoms with Gasteiger partial charge in [0.05, 0.1) is 11.5 Å². The summed E-state index contributed by atoms with van der Waals surface area (Å²) < 4.78 is 26.3. The number of benzene rings is 1. The van der Waals surface area contributed by atoms with Crippen molar-refractivity contribution in [3.05, 3.63) is 53.9 Å². The number of alkyl halides is 2. The third kappa shape index (κ3) is 6.08. The van der Waals surface area contributed by atoms with Gasteiger partial charge in [0.15, 0.2) is 0 Å². The van der Waals surface area contributed by atoms with Crippen LogP contribution in [0, 0.1) is 18.3 Å². The van der Waals surface area contributed by atoms with E-state index >= 15 is 0 Å². The second kappa shape index (κ2) is 9.84. The zero-order chi connectivity index (χ0) is 23.4. The van der Waals surface area contributed by atoms with Gasteiger partial charge in [0.25, 0.3) is 0 Å². The highest BCUT2D eigenvalue weighted by Crippen LogP contribution is 2.34. The summed E-state index contributed by atoms with van der Waals surface area (Å²) in [6.07, 6.45) is 2.21. The summed E-state index contributed by atoms with van der Waals surface area (Å²) >= 11 is 0. The number of nitrogens with zero attached hydrogens (tertiary/aromatic N) is 1. The van der Waals surface area contributed by atoms with E-state index in [9.17, 15) is 8.78 Å². The molecule has 1 aliphatic heterocycles. The second-order valence-electron chi connectivity index (χ2n) is 9.06. The molecule has 0 aliphatic carbocycles. The maximum Gasteiger partial charge on any atom is 0.247 e. The average molecular weight is 433 g/mol. The van der Waals surface area contributed by atoms with Gasteiger partial charge in [0.1, 0.15) is 5.84 Å². The number of rotatable bonds is 9. The lowest BCUT2D eigenvalue weighted by Gasteiger charge is -2.36. The lowest BCUT2D eigenvalue weighted by molar-refractivity contribution is 0.0157. The van der Waals surface area contributed by atoms with Crippen molar-refractivity contribution in [3.8, 4) is 0 Å². The summed E-state index contributed by atoms with van der Waals surface area (Å²) in [5.74, 6) is -2.11. The Labute approximate surface area is 186 Å². The van der Waals surface area contributed by atoms with E-state index in [1.165, 1.54) is 11.1 Å². The summed E-state index contributed by atoms with van der Waals surface area (Å²) in [5.41, 5.74) is 10.8. The van der Waals surface area contributed by atoms with Crippen LogP contribution in [0.25, 0.3) is 0 Å². The van der Waals surface area contributed by atoms with Crippen LogP contribution in [0.4, 0.5) is 14.5 Å². The van der Waals surface area contributed by atoms with Gasteiger partial charge in [-0.25, -0.2) is 8.78 Å². The van der Waals surface area contributed by atoms with Crippen molar-refractivity contribution in [1.29, 1.82) is 0 Å². The first-order valence-corrected chi connectivity index (χ1v) is 11.1. The molecule has 2 rings (SSSR count). The Morgan fingerprint density at radius 3 is 2.58 bits per heavy atom. The molecule has 0 fully saturated rings. The number of hydrogen-bond donors (Lipinski definition) is 3. The van der Waals surface area contributed by atoms with E-state index in [-0.39, 0.29) is 19.0 Å². The van der Waals surface area contributed by atoms with Crippen LogP contribution in [0.3, 0.4) is 0 Å². The van der Waals surface area contributed by atoms with Crippen molar-refractivity contribution >= 4 is 11.5 Å². The van der Waals surface area contributed by atoms with Gasteiger partial charge in [-0.3, -0.25) is 4.99 Å². The molecule has 1 aliphatic rings. The Balaban J connectivity index is 2.22. The molecule has 0 amide bonds. The first kappa shape index (κ1) is 24.9. The SMILES string of the molecule is C=C1Nc2cc(C)ccc2C[C@H](CC)C1NC(=C)C(C)(CC)C(N)=NCCC(C)(F)F. The van der Waals surface area contributed by atoms with Gasteiger partial charge in [-0.05, 0) is 56.7 Å². The molecule has 0 radical (unpaired) electrons. The Morgan fingerprint density at radius 2 is 2.00 bits per heavy atom. The number of fused-ring (bicyclic) bond motifs is 1. The number of hydrogen-bond acceptors (Lipinski definition) is 3. The summed E-state index contributed by atoms with van der Waals surface area (Å²) in [7, 11) is 0. The average Bonchev–Trinajstić information content (AvgIpc) is 2.82. The molecule has 31 heavy (non-hydrogen) atoms. The molecule has 1 aromatic rings. The molecular formula is C25H38F2N4. The monoisotopic (exact) mass is 432 g/mol. The number of anilines is 1. The van der Waals surface area contributed by atoms with E-state index in [0.717, 1.165) is 36.8 Å². The molecule has 2 unspecified atom stereocenters. The largest absolute Gasteiger partial charge is 0.387 e. The second-order valence-corrected chi connectivity index (χ2v) is 9.06. The van der Waals surface area contributed by atoms with E-state index in [1.807, 2.05) is 13.8 Å². The third-order valence-electron chi connectivity index (χ3n) is 6.52. The summed E-state index contributed by atoms with van der Waals surface area (Å²) in [6, 6.07) is 6.42. The Bertz CT molecular complexity index is 840. The molecule has 4 N–H and O–H groups in total. The minimum absolute atomic E-state index is 0.0118. The zero-order valence-corrected chi connectivity index (χ0v) is 19.6. The van der Waals surface area contributed by atoms with Gasteiger partial charge >= 0.3 is 0 Å². The molecular weight excluding hydrogens is 394 g/mol. The first-order valence-electron chi connectivity index (χ1n) is 11.1. The van der Waals surface area contributed by atoms with Gasteiger partial charge in [0, 0.05) is 30.0 Å². The van der Waals surface area contributed by atoms with Gasteiger partial charge in [0.2, 0.25) is 5.92 Å². The third-order valence-corrected chi connectivity index (χ3v) is 6.52. The van der Waals surface area contributed by atoms with E-state index in [2.05, 4.69) is 60.8 Å². The fraction of sp³-hybridized carbons (Fsp3) is 0.560. The Morgan fingerprint density at radius 1 is 1.32 bits per heavy atom. The predicted molar refractivity (Wildman–Crippen MR) is 128 cm³/mol. The number of halogens is 2. The van der Waals surface area contributed by atoms with Crippen molar-refractivity contribution in [3.63, 3.8) is 0 Å². The van der Waals surface area contributed by atoms with Crippen molar-refractivity contribution in [2.75, 3.05) is 11.9 Å². The van der Waals surface area contributed by atoms with Crippen molar-refractivity contribution in [2.24, 2.45) is 22.1 Å². The van der Waals surface area contributed by atoms with E-state index in [0.29, 0.717) is 18.2 Å². The fourth-order valence-corrected chi connectivity index (χ4v) is 3.95. The highest BCUT2D eigenvalue weighted by atomic mass is 19.3. The first-order chi connectivity index (χ1) is 14.4. The van der Waals surface area contributed by atoms with Crippen molar-refractivity contribution in [2.45, 2.75) is 72.3 Å². The van der Waals surface area contributed by atoms with Crippen LogP contribution in [0.2, 0.25) is 0 Å². The summed E-state index contributed by atoms with van der Waals surface area (Å²) in [6.45, 7) is 17.7. The van der Waals surface area contributed by atoms with Gasteiger partial charge in [-0.15, -0.1) is 0 Å². The summed E-state index contributed by atoms with van der Waals surface area (Å²) in [5, 5.41) is 7.06. The van der Waals surface area contributed by atoms with Crippen LogP contribution in [-0.2, 0) is 6.42 Å². The zero-order valence-electron chi connectivity index (χ0n) is 19.6. The van der Waals surface area contributed by atoms with E-state index < -0.39 is 11.3 Å². The molecule has 4 nitrogen and oxygen atoms in total. The van der Waals surface area contributed by atoms with Gasteiger partial charge in [-0.2, -0.15) is 0 Å². The van der Waals surface area contributed by atoms with Crippen LogP contribution in [-0.4, -0.2) is 24.3 Å². The maximum absolute atomic E-state index is 13.2. The molecule has 3 atom stereocenters. The van der Waals surface area contributed by atoms with Crippen molar-refractivity contribution in [1.82, 2.24) is 5.32 Å². The van der Waals surface area contributed by atoms with Crippen molar-refractivity contribution < 1.29 is 8.78 Å². The summed E-state index contributed by atoms with van der Waals surface area (Å²) in [4.78, 5) is 4.26. The van der Waals surface area contributed by atoms with Gasteiger partial charge in [-0.1, -0.05) is 45.6 Å². The minimum atomic E-state index is -2.76. The predicted octanol–water partition coefficient (Wildman–Crippen LogP) is 5.79. The molecule has 6 heteroatoms. The highest BCUT2D eigenvalue weighted by molar-refractivity contribution is 5.89. The Kier molecular flexibility index (Phi) is 7.90. The lowest BCUT2D eigenvalue weighted by atomic mass is 9.81. The molecule has 0 saturated heterocycles. The fourth-order valence-electron chi connectivity index (χ4n) is 3.95. The molecule has 1 heterocycles. The number of aliphatic imine (C=N–C) groups is 1. The number of amidine groups is 1. The smallest absolute Gasteiger partial charge is 0.247 e. The molecule has 0 bridgehead atoms. The number of nitrogens with one attached hydrogen (secondary N) is 2. The molecule has 1 aromatic carbocycles. The Hall–Kier alpha value is -2.37. The molecule has 0 aromatic heterocycles. The van der Waals surface area contributed by atoms with Gasteiger partial charge < -0.3 is 16.4 Å². The van der Waals surface area contributed by atoms with Crippen LogP contribution < -0.4 is 16.4 Å². The lowest BCUT2D eigenvalue weighted by Crippen LogP contribution is -2.46. The number of nitrogens with two attached hydrogens (primary N) is 1. The van der Waals surface area contributed by atoms with Crippen LogP contribution in [0.15, 0.2) is 47.7 Å². The van der Waals surface area contributed by atoms with Crippen LogP contribution in [0.5, 0.6) is 0 Å². The maximum atomic E-state index is 13.2. The normalized spacial score (nSPS) is 21.5. The van der Waals surface area contributed by atoms with E-state index in [4.69, 9.17) is 5.73 Å². The van der Waals surface area contributed by atoms with Crippen LogP contribution in [0.1, 0.15) is 58.1 Å². The number of aryl methyl sites for hydroxylation is 1. The quantitative estimate of drug-likeness (QED) is 0.342. The highest BCUT2D eigenvalue weighted by Gasteiger charge is 2.35. The molecule has 172 valence electrons. The minimum Gasteiger partial charge on any atom is -0.387 e. The topological polar surface area (TPSA) is 62.4 Å². The molecule has 0 saturated carbocycles. The van der Waals surface area contributed by atoms with E-state index in [1.54, 1.807) is 0 Å². The van der Waals surface area contributed by atoms with Crippen LogP contribution >= 0.6 is 0 Å².